The number of hydrogen-bond donors (Lipinski definition) is 1. The SMILES string of the molecule is CC(C(=O)O)C1CCC2CCCCC21. The Hall–Kier alpha value is -0.530. The van der Waals surface area contributed by atoms with Crippen LogP contribution in [0.5, 0.6) is 0 Å². The molecule has 1 N–H and O–H groups in total. The number of rotatable bonds is 2. The van der Waals surface area contributed by atoms with Crippen molar-refractivity contribution in [3.05, 3.63) is 0 Å². The van der Waals surface area contributed by atoms with Crippen LogP contribution in [-0.4, -0.2) is 11.1 Å². The van der Waals surface area contributed by atoms with Crippen LogP contribution >= 0.6 is 0 Å². The summed E-state index contributed by atoms with van der Waals surface area (Å²) in [6, 6.07) is 0. The third-order valence-corrected chi connectivity index (χ3v) is 4.42. The quantitative estimate of drug-likeness (QED) is 0.737. The molecule has 0 heterocycles. The van der Waals surface area contributed by atoms with E-state index >= 15 is 0 Å². The fourth-order valence-corrected chi connectivity index (χ4v) is 3.58. The molecule has 2 heteroatoms. The fraction of sp³-hybridized carbons (Fsp3) is 0.917. The lowest BCUT2D eigenvalue weighted by Crippen LogP contribution is -2.27. The average Bonchev–Trinajstić information content (AvgIpc) is 2.60. The van der Waals surface area contributed by atoms with Crippen molar-refractivity contribution in [3.8, 4) is 0 Å². The van der Waals surface area contributed by atoms with Gasteiger partial charge < -0.3 is 5.11 Å². The van der Waals surface area contributed by atoms with Gasteiger partial charge in [0, 0.05) is 0 Å². The standard InChI is InChI=1S/C12H20O2/c1-8(12(13)14)10-7-6-9-4-2-3-5-11(9)10/h8-11H,2-7H2,1H3,(H,13,14). The van der Waals surface area contributed by atoms with Crippen LogP contribution < -0.4 is 0 Å². The second kappa shape index (κ2) is 3.92. The van der Waals surface area contributed by atoms with Gasteiger partial charge in [0.2, 0.25) is 0 Å². The first kappa shape index (κ1) is 10.0. The minimum atomic E-state index is -0.596. The van der Waals surface area contributed by atoms with E-state index in [9.17, 15) is 4.79 Å². The molecular formula is C12H20O2. The van der Waals surface area contributed by atoms with Crippen molar-refractivity contribution in [1.82, 2.24) is 0 Å². The molecule has 0 amide bonds. The number of carboxylic acid groups (broad SMARTS) is 1. The van der Waals surface area contributed by atoms with Crippen molar-refractivity contribution in [3.63, 3.8) is 0 Å². The van der Waals surface area contributed by atoms with Gasteiger partial charge in [-0.15, -0.1) is 0 Å². The van der Waals surface area contributed by atoms with Gasteiger partial charge >= 0.3 is 5.97 Å². The average molecular weight is 196 g/mol. The summed E-state index contributed by atoms with van der Waals surface area (Å²) < 4.78 is 0. The molecule has 0 bridgehead atoms. The van der Waals surface area contributed by atoms with Crippen molar-refractivity contribution < 1.29 is 9.90 Å². The third-order valence-electron chi connectivity index (χ3n) is 4.42. The molecule has 0 radical (unpaired) electrons. The van der Waals surface area contributed by atoms with E-state index < -0.39 is 5.97 Å². The van der Waals surface area contributed by atoms with Gasteiger partial charge in [0.25, 0.3) is 0 Å². The summed E-state index contributed by atoms with van der Waals surface area (Å²) in [4.78, 5) is 11.0. The molecule has 2 fully saturated rings. The second-order valence-electron chi connectivity index (χ2n) is 5.08. The van der Waals surface area contributed by atoms with E-state index in [4.69, 9.17) is 5.11 Å². The molecule has 2 aliphatic carbocycles. The van der Waals surface area contributed by atoms with Gasteiger partial charge in [-0.1, -0.05) is 26.2 Å². The highest BCUT2D eigenvalue weighted by Crippen LogP contribution is 2.48. The van der Waals surface area contributed by atoms with Crippen LogP contribution in [0.25, 0.3) is 0 Å². The molecule has 0 aromatic heterocycles. The van der Waals surface area contributed by atoms with Gasteiger partial charge in [-0.05, 0) is 37.0 Å². The zero-order valence-corrected chi connectivity index (χ0v) is 8.91. The van der Waals surface area contributed by atoms with Crippen molar-refractivity contribution in [2.45, 2.75) is 45.4 Å². The first-order chi connectivity index (χ1) is 6.70. The zero-order valence-electron chi connectivity index (χ0n) is 8.91. The van der Waals surface area contributed by atoms with E-state index in [0.29, 0.717) is 5.92 Å². The Balaban J connectivity index is 2.03. The summed E-state index contributed by atoms with van der Waals surface area (Å²) in [6.45, 7) is 1.89. The molecule has 14 heavy (non-hydrogen) atoms. The van der Waals surface area contributed by atoms with Gasteiger partial charge in [0.05, 0.1) is 5.92 Å². The maximum absolute atomic E-state index is 11.0. The first-order valence-corrected chi connectivity index (χ1v) is 5.93. The fourth-order valence-electron chi connectivity index (χ4n) is 3.58. The molecule has 0 aliphatic heterocycles. The molecule has 0 aromatic carbocycles. The van der Waals surface area contributed by atoms with Gasteiger partial charge in [-0.3, -0.25) is 4.79 Å². The van der Waals surface area contributed by atoms with E-state index in [2.05, 4.69) is 0 Å². The first-order valence-electron chi connectivity index (χ1n) is 5.93. The molecule has 4 atom stereocenters. The Morgan fingerprint density at radius 3 is 2.64 bits per heavy atom. The van der Waals surface area contributed by atoms with E-state index in [1.807, 2.05) is 6.92 Å². The molecule has 80 valence electrons. The number of hydrogen-bond acceptors (Lipinski definition) is 1. The summed E-state index contributed by atoms with van der Waals surface area (Å²) in [5.41, 5.74) is 0. The molecule has 4 unspecified atom stereocenters. The van der Waals surface area contributed by atoms with Crippen LogP contribution in [0.1, 0.15) is 45.4 Å². The predicted molar refractivity (Wildman–Crippen MR) is 55.0 cm³/mol. The highest BCUT2D eigenvalue weighted by molar-refractivity contribution is 5.70. The Kier molecular flexibility index (Phi) is 2.80. The minimum Gasteiger partial charge on any atom is -0.481 e. The Labute approximate surface area is 85.7 Å². The van der Waals surface area contributed by atoms with Crippen LogP contribution in [0, 0.1) is 23.7 Å². The smallest absolute Gasteiger partial charge is 0.306 e. The van der Waals surface area contributed by atoms with Gasteiger partial charge in [0.1, 0.15) is 0 Å². The molecular weight excluding hydrogens is 176 g/mol. The van der Waals surface area contributed by atoms with Crippen LogP contribution in [0.15, 0.2) is 0 Å². The minimum absolute atomic E-state index is 0.122. The van der Waals surface area contributed by atoms with Crippen molar-refractivity contribution in [2.75, 3.05) is 0 Å². The van der Waals surface area contributed by atoms with Crippen LogP contribution in [0.3, 0.4) is 0 Å². The number of carbonyl (C=O) groups is 1. The lowest BCUT2D eigenvalue weighted by atomic mass is 9.74. The largest absolute Gasteiger partial charge is 0.481 e. The van der Waals surface area contributed by atoms with E-state index in [1.54, 1.807) is 0 Å². The molecule has 0 spiro atoms. The van der Waals surface area contributed by atoms with Crippen LogP contribution in [0.4, 0.5) is 0 Å². The van der Waals surface area contributed by atoms with Gasteiger partial charge in [-0.25, -0.2) is 0 Å². The number of fused-ring (bicyclic) bond motifs is 1. The molecule has 2 rings (SSSR count). The normalized spacial score (nSPS) is 39.1. The molecule has 2 nitrogen and oxygen atoms in total. The Bertz CT molecular complexity index is 224. The van der Waals surface area contributed by atoms with Gasteiger partial charge in [-0.2, -0.15) is 0 Å². The van der Waals surface area contributed by atoms with E-state index in [0.717, 1.165) is 18.3 Å². The Morgan fingerprint density at radius 1 is 1.21 bits per heavy atom. The van der Waals surface area contributed by atoms with Crippen molar-refractivity contribution >= 4 is 5.97 Å². The summed E-state index contributed by atoms with van der Waals surface area (Å²) in [6.07, 6.45) is 7.77. The van der Waals surface area contributed by atoms with E-state index in [-0.39, 0.29) is 5.92 Å². The summed E-state index contributed by atoms with van der Waals surface area (Å²) in [7, 11) is 0. The molecule has 0 aromatic rings. The maximum Gasteiger partial charge on any atom is 0.306 e. The topological polar surface area (TPSA) is 37.3 Å². The zero-order chi connectivity index (χ0) is 10.1. The summed E-state index contributed by atoms with van der Waals surface area (Å²) in [5.74, 6) is 1.34. The molecule has 2 aliphatic rings. The third kappa shape index (κ3) is 1.67. The highest BCUT2D eigenvalue weighted by atomic mass is 16.4. The van der Waals surface area contributed by atoms with Crippen molar-refractivity contribution in [1.29, 1.82) is 0 Å². The monoisotopic (exact) mass is 196 g/mol. The van der Waals surface area contributed by atoms with Gasteiger partial charge in [0.15, 0.2) is 0 Å². The van der Waals surface area contributed by atoms with E-state index in [1.165, 1.54) is 32.1 Å². The molecule has 0 saturated heterocycles. The lowest BCUT2D eigenvalue weighted by Gasteiger charge is -2.30. The molecule has 2 saturated carbocycles. The summed E-state index contributed by atoms with van der Waals surface area (Å²) in [5, 5.41) is 9.03. The van der Waals surface area contributed by atoms with Crippen molar-refractivity contribution in [2.24, 2.45) is 23.7 Å². The van der Waals surface area contributed by atoms with Crippen LogP contribution in [0.2, 0.25) is 0 Å². The number of carboxylic acids is 1. The van der Waals surface area contributed by atoms with Crippen LogP contribution in [-0.2, 0) is 4.79 Å². The predicted octanol–water partition coefficient (Wildman–Crippen LogP) is 2.92. The lowest BCUT2D eigenvalue weighted by molar-refractivity contribution is -0.143. The summed E-state index contributed by atoms with van der Waals surface area (Å²) >= 11 is 0. The second-order valence-corrected chi connectivity index (χ2v) is 5.08. The highest BCUT2D eigenvalue weighted by Gasteiger charge is 2.41. The maximum atomic E-state index is 11.0. The number of aliphatic carboxylic acids is 1. The Morgan fingerprint density at radius 2 is 1.93 bits per heavy atom.